The zero-order valence-electron chi connectivity index (χ0n) is 14.3. The van der Waals surface area contributed by atoms with E-state index < -0.39 is 12.1 Å². The number of nitrogens with zero attached hydrogens (tertiary/aromatic N) is 4. The average molecular weight is 368 g/mol. The minimum absolute atomic E-state index is 0.0575. The molecule has 138 valence electrons. The molecule has 1 aliphatic rings. The minimum atomic E-state index is -1.11. The summed E-state index contributed by atoms with van der Waals surface area (Å²) in [6.45, 7) is 0.454. The number of alkyl halides is 1. The number of carbonyl (C=O) groups is 1. The van der Waals surface area contributed by atoms with Crippen LogP contribution in [0.4, 0.5) is 10.2 Å². The van der Waals surface area contributed by atoms with Gasteiger partial charge in [-0.1, -0.05) is 30.3 Å². The fraction of sp³-hybridized carbons (Fsp3) is 0.222. The van der Waals surface area contributed by atoms with E-state index in [0.717, 1.165) is 5.56 Å². The molecular weight excluding hydrogens is 351 g/mol. The molecule has 3 heterocycles. The minimum Gasteiger partial charge on any atom is -0.474 e. The van der Waals surface area contributed by atoms with Gasteiger partial charge in [-0.2, -0.15) is 9.97 Å². The third kappa shape index (κ3) is 3.57. The summed E-state index contributed by atoms with van der Waals surface area (Å²) in [4.78, 5) is 24.0. The van der Waals surface area contributed by atoms with Crippen molar-refractivity contribution >= 4 is 11.7 Å². The number of rotatable bonds is 5. The van der Waals surface area contributed by atoms with Gasteiger partial charge in [0.1, 0.15) is 30.6 Å². The van der Waals surface area contributed by atoms with E-state index in [4.69, 9.17) is 10.5 Å². The van der Waals surface area contributed by atoms with Crippen LogP contribution in [0, 0.1) is 0 Å². The van der Waals surface area contributed by atoms with E-state index in [1.807, 2.05) is 30.3 Å². The number of imidazole rings is 1. The lowest BCUT2D eigenvalue weighted by Gasteiger charge is -2.22. The van der Waals surface area contributed by atoms with E-state index in [1.54, 1.807) is 0 Å². The summed E-state index contributed by atoms with van der Waals surface area (Å²) < 4.78 is 20.8. The molecule has 1 aliphatic heterocycles. The molecule has 1 atom stereocenters. The van der Waals surface area contributed by atoms with Crippen LogP contribution in [0.15, 0.2) is 42.9 Å². The summed E-state index contributed by atoms with van der Waals surface area (Å²) in [5.74, 6) is 0.404. The molecule has 8 nitrogen and oxygen atoms in total. The number of hydrogen-bond acceptors (Lipinski definition) is 6. The van der Waals surface area contributed by atoms with Crippen LogP contribution in [-0.2, 0) is 13.0 Å². The highest BCUT2D eigenvalue weighted by atomic mass is 19.1. The summed E-state index contributed by atoms with van der Waals surface area (Å²) in [6.07, 6.45) is 1.89. The molecule has 1 amide bonds. The van der Waals surface area contributed by atoms with Crippen molar-refractivity contribution in [2.45, 2.75) is 19.1 Å². The fourth-order valence-corrected chi connectivity index (χ4v) is 2.81. The normalized spacial score (nSPS) is 15.7. The fourth-order valence-electron chi connectivity index (χ4n) is 2.81. The van der Waals surface area contributed by atoms with Crippen LogP contribution in [0.5, 0.6) is 5.88 Å². The standard InChI is InChI=1S/C18H17FN6O2/c19-12-6-13-16(21-7-11-4-2-1-3-5-11)23-18(24-17(13)27-9-12)25-8-14(15(20)26)22-10-25/h1-5,8,10,12H,6-7,9H2,(H2,20,26)(H,21,23,24). The van der Waals surface area contributed by atoms with E-state index in [0.29, 0.717) is 23.8 Å². The Labute approximate surface area is 154 Å². The molecule has 0 aliphatic carbocycles. The van der Waals surface area contributed by atoms with Gasteiger partial charge in [0, 0.05) is 19.2 Å². The Morgan fingerprint density at radius 2 is 2.15 bits per heavy atom. The zero-order chi connectivity index (χ0) is 18.8. The first-order chi connectivity index (χ1) is 13.1. The number of nitrogens with one attached hydrogen (secondary N) is 1. The number of halogens is 1. The second-order valence-corrected chi connectivity index (χ2v) is 6.14. The summed E-state index contributed by atoms with van der Waals surface area (Å²) >= 11 is 0. The molecule has 3 N–H and O–H groups in total. The second kappa shape index (κ2) is 7.02. The van der Waals surface area contributed by atoms with E-state index in [9.17, 15) is 9.18 Å². The lowest BCUT2D eigenvalue weighted by molar-refractivity contribution is 0.0996. The van der Waals surface area contributed by atoms with Gasteiger partial charge in [-0.15, -0.1) is 0 Å². The summed E-state index contributed by atoms with van der Waals surface area (Å²) in [5, 5.41) is 3.23. The third-order valence-electron chi connectivity index (χ3n) is 4.15. The van der Waals surface area contributed by atoms with Crippen LogP contribution in [0.25, 0.3) is 5.95 Å². The molecule has 0 saturated heterocycles. The lowest BCUT2D eigenvalue weighted by Crippen LogP contribution is -2.25. The van der Waals surface area contributed by atoms with Crippen molar-refractivity contribution in [3.63, 3.8) is 0 Å². The van der Waals surface area contributed by atoms with Gasteiger partial charge < -0.3 is 15.8 Å². The van der Waals surface area contributed by atoms with Crippen molar-refractivity contribution in [2.75, 3.05) is 11.9 Å². The largest absolute Gasteiger partial charge is 0.474 e. The van der Waals surface area contributed by atoms with Crippen molar-refractivity contribution in [3.8, 4) is 11.8 Å². The Morgan fingerprint density at radius 1 is 1.33 bits per heavy atom. The number of carbonyl (C=O) groups excluding carboxylic acids is 1. The number of benzene rings is 1. The number of amides is 1. The van der Waals surface area contributed by atoms with Gasteiger partial charge in [0.2, 0.25) is 11.8 Å². The molecule has 0 radical (unpaired) electrons. The lowest BCUT2D eigenvalue weighted by atomic mass is 10.1. The zero-order valence-corrected chi connectivity index (χ0v) is 14.3. The highest BCUT2D eigenvalue weighted by Gasteiger charge is 2.26. The molecule has 0 bridgehead atoms. The van der Waals surface area contributed by atoms with Gasteiger partial charge in [0.05, 0.1) is 5.56 Å². The number of aromatic nitrogens is 4. The van der Waals surface area contributed by atoms with Crippen LogP contribution < -0.4 is 15.8 Å². The van der Waals surface area contributed by atoms with Crippen molar-refractivity contribution in [1.29, 1.82) is 0 Å². The molecule has 27 heavy (non-hydrogen) atoms. The summed E-state index contributed by atoms with van der Waals surface area (Å²) in [5.41, 5.74) is 6.98. The maximum atomic E-state index is 13.8. The molecule has 2 aromatic heterocycles. The van der Waals surface area contributed by atoms with Gasteiger partial charge >= 0.3 is 0 Å². The van der Waals surface area contributed by atoms with Crippen molar-refractivity contribution in [3.05, 3.63) is 59.7 Å². The number of primary amides is 1. The Bertz CT molecular complexity index is 975. The van der Waals surface area contributed by atoms with Gasteiger partial charge in [0.15, 0.2) is 0 Å². The SMILES string of the molecule is NC(=O)c1cn(-c2nc(NCc3ccccc3)c3c(n2)OCC(F)C3)cn1. The summed E-state index contributed by atoms with van der Waals surface area (Å²) in [7, 11) is 0. The first-order valence-electron chi connectivity index (χ1n) is 8.40. The monoisotopic (exact) mass is 368 g/mol. The van der Waals surface area contributed by atoms with Crippen molar-refractivity contribution in [2.24, 2.45) is 5.73 Å². The predicted molar refractivity (Wildman–Crippen MR) is 95.5 cm³/mol. The number of nitrogens with two attached hydrogens (primary N) is 1. The van der Waals surface area contributed by atoms with Gasteiger partial charge in [-0.05, 0) is 5.56 Å². The molecule has 1 unspecified atom stereocenters. The molecule has 1 aromatic carbocycles. The Hall–Kier alpha value is -3.49. The third-order valence-corrected chi connectivity index (χ3v) is 4.15. The molecular formula is C18H17FN6O2. The second-order valence-electron chi connectivity index (χ2n) is 6.14. The quantitative estimate of drug-likeness (QED) is 0.709. The van der Waals surface area contributed by atoms with Gasteiger partial charge in [0.25, 0.3) is 5.91 Å². The Kier molecular flexibility index (Phi) is 4.41. The summed E-state index contributed by atoms with van der Waals surface area (Å²) in [6, 6.07) is 9.77. The number of anilines is 1. The van der Waals surface area contributed by atoms with Crippen LogP contribution >= 0.6 is 0 Å². The highest BCUT2D eigenvalue weighted by molar-refractivity contribution is 5.90. The van der Waals surface area contributed by atoms with Gasteiger partial charge in [-0.25, -0.2) is 9.37 Å². The van der Waals surface area contributed by atoms with Crippen molar-refractivity contribution < 1.29 is 13.9 Å². The van der Waals surface area contributed by atoms with Crippen LogP contribution in [0.1, 0.15) is 21.6 Å². The van der Waals surface area contributed by atoms with E-state index >= 15 is 0 Å². The van der Waals surface area contributed by atoms with Crippen LogP contribution in [0.2, 0.25) is 0 Å². The highest BCUT2D eigenvalue weighted by Crippen LogP contribution is 2.30. The topological polar surface area (TPSA) is 108 Å². The van der Waals surface area contributed by atoms with Crippen LogP contribution in [0.3, 0.4) is 0 Å². The maximum Gasteiger partial charge on any atom is 0.268 e. The van der Waals surface area contributed by atoms with E-state index in [-0.39, 0.29) is 24.7 Å². The van der Waals surface area contributed by atoms with E-state index in [2.05, 4.69) is 20.3 Å². The van der Waals surface area contributed by atoms with Gasteiger partial charge in [-0.3, -0.25) is 9.36 Å². The smallest absolute Gasteiger partial charge is 0.268 e. The Balaban J connectivity index is 1.69. The number of ether oxygens (including phenoxy) is 1. The van der Waals surface area contributed by atoms with Crippen LogP contribution in [-0.4, -0.2) is 38.2 Å². The predicted octanol–water partition coefficient (Wildman–Crippen LogP) is 1.65. The Morgan fingerprint density at radius 3 is 2.89 bits per heavy atom. The first-order valence-corrected chi connectivity index (χ1v) is 8.40. The first kappa shape index (κ1) is 17.0. The molecule has 3 aromatic rings. The molecule has 4 rings (SSSR count). The number of fused-ring (bicyclic) bond motifs is 1. The van der Waals surface area contributed by atoms with E-state index in [1.165, 1.54) is 17.1 Å². The van der Waals surface area contributed by atoms with Crippen molar-refractivity contribution in [1.82, 2.24) is 19.5 Å². The molecule has 0 fully saturated rings. The molecule has 0 saturated carbocycles. The molecule has 9 heteroatoms. The average Bonchev–Trinajstić information content (AvgIpc) is 3.17. The molecule has 0 spiro atoms. The number of hydrogen-bond donors (Lipinski definition) is 2. The maximum absolute atomic E-state index is 13.8.